The molecule has 0 saturated heterocycles. The van der Waals surface area contributed by atoms with E-state index < -0.39 is 13.3 Å². The Morgan fingerprint density at radius 2 is 0.853 bits per heavy atom. The zero-order valence-electron chi connectivity index (χ0n) is 52.5. The number of para-hydroxylation sites is 3. The number of pyridine rings is 1. The second-order valence-corrected chi connectivity index (χ2v) is 33.6. The Kier molecular flexibility index (Phi) is 14.2. The molecule has 95 heavy (non-hydrogen) atoms. The molecule has 0 aliphatic carbocycles. The maximum absolute atomic E-state index is 7.18. The maximum atomic E-state index is 7.18. The van der Waals surface area contributed by atoms with Gasteiger partial charge < -0.3 is 0 Å². The zero-order valence-corrected chi connectivity index (χ0v) is 56.9. The van der Waals surface area contributed by atoms with Gasteiger partial charge in [0.2, 0.25) is 0 Å². The van der Waals surface area contributed by atoms with Gasteiger partial charge in [0.05, 0.1) is 0 Å². The van der Waals surface area contributed by atoms with Crippen molar-refractivity contribution in [3.05, 3.63) is 334 Å². The number of rotatable bonds is 10. The molecule has 0 amide bonds. The van der Waals surface area contributed by atoms with Crippen molar-refractivity contribution < 1.29 is 25.8 Å². The fraction of sp³-hybridized carbons (Fsp3) is 0.0455. The Morgan fingerprint density at radius 3 is 1.42 bits per heavy atom. The van der Waals surface area contributed by atoms with Gasteiger partial charge in [-0.05, 0) is 11.5 Å². The number of aromatic nitrogens is 2. The molecule has 5 heterocycles. The summed E-state index contributed by atoms with van der Waals surface area (Å²) < 4.78 is 14.9. The number of hydrogen-bond acceptors (Lipinski definition) is 4. The van der Waals surface area contributed by atoms with Crippen LogP contribution in [0.1, 0.15) is 26.3 Å². The number of anilines is 4. The van der Waals surface area contributed by atoms with Crippen molar-refractivity contribution in [2.75, 3.05) is 9.80 Å². The summed E-state index contributed by atoms with van der Waals surface area (Å²) in [5.41, 5.74) is 23.7. The van der Waals surface area contributed by atoms with Crippen molar-refractivity contribution in [3.63, 3.8) is 0 Å². The Morgan fingerprint density at radius 1 is 0.379 bits per heavy atom. The van der Waals surface area contributed by atoms with E-state index in [0.29, 0.717) is 11.5 Å². The Balaban J connectivity index is 0.00000684. The van der Waals surface area contributed by atoms with E-state index in [1.54, 1.807) is 0 Å². The van der Waals surface area contributed by atoms with Gasteiger partial charge in [-0.2, -0.15) is 0 Å². The first kappa shape index (κ1) is 58.3. The van der Waals surface area contributed by atoms with Crippen LogP contribution in [0.25, 0.3) is 106 Å². The van der Waals surface area contributed by atoms with Crippen LogP contribution in [-0.4, -0.2) is 22.8 Å². The summed E-state index contributed by atoms with van der Waals surface area (Å²) in [6.07, 6.45) is 1.92. The fourth-order valence-electron chi connectivity index (χ4n) is 15.2. The molecular weight excluding hydrogens is 1400 g/mol. The summed E-state index contributed by atoms with van der Waals surface area (Å²) >= 11 is -3.97. The molecule has 0 fully saturated rings. The largest absolute Gasteiger partial charge is 0 e. The van der Waals surface area contributed by atoms with Crippen LogP contribution in [0.15, 0.2) is 310 Å². The molecule has 456 valence electrons. The first-order valence-electron chi connectivity index (χ1n) is 32.3. The summed E-state index contributed by atoms with van der Waals surface area (Å²) in [6.45, 7) is 9.09. The number of nitrogens with zero attached hydrogens (tertiary/aromatic N) is 4. The number of fused-ring (bicyclic) bond motifs is 12. The molecule has 0 radical (unpaired) electrons. The third-order valence-corrected chi connectivity index (χ3v) is 29.8. The third-order valence-electron chi connectivity index (χ3n) is 19.5. The van der Waals surface area contributed by atoms with Crippen LogP contribution >= 0.6 is 0 Å². The van der Waals surface area contributed by atoms with Gasteiger partial charge >= 0.3 is 498 Å². The van der Waals surface area contributed by atoms with Gasteiger partial charge in [-0.3, -0.25) is 0 Å². The van der Waals surface area contributed by atoms with Crippen molar-refractivity contribution in [3.8, 4) is 95.2 Å². The summed E-state index contributed by atoms with van der Waals surface area (Å²) in [6, 6.07) is 119. The van der Waals surface area contributed by atoms with Gasteiger partial charge in [0, 0.05) is 21.1 Å². The van der Waals surface area contributed by atoms with E-state index in [1.807, 2.05) is 6.20 Å². The average Bonchev–Trinajstić information content (AvgIpc) is 1.51. The van der Waals surface area contributed by atoms with Gasteiger partial charge in [-0.25, -0.2) is 0 Å². The molecule has 1 spiro atoms. The van der Waals surface area contributed by atoms with Crippen LogP contribution in [0.2, 0.25) is 0 Å². The molecule has 0 saturated carbocycles. The van der Waals surface area contributed by atoms with Crippen molar-refractivity contribution in [1.29, 1.82) is 0 Å². The molecule has 3 aliphatic heterocycles. The van der Waals surface area contributed by atoms with E-state index in [-0.39, 0.29) is 26.5 Å². The van der Waals surface area contributed by atoms with Gasteiger partial charge in [0.15, 0.2) is 0 Å². The molecule has 13 aromatic carbocycles. The summed E-state index contributed by atoms with van der Waals surface area (Å²) in [5.74, 6) is 2.04. The predicted molar refractivity (Wildman–Crippen MR) is 392 cm³/mol. The molecule has 0 bridgehead atoms. The zero-order chi connectivity index (χ0) is 62.7. The first-order valence-corrected chi connectivity index (χ1v) is 36.5. The van der Waals surface area contributed by atoms with Gasteiger partial charge in [0.25, 0.3) is 0 Å². The van der Waals surface area contributed by atoms with E-state index in [4.69, 9.17) is 9.72 Å². The van der Waals surface area contributed by atoms with E-state index in [1.165, 1.54) is 40.0 Å². The topological polar surface area (TPSA) is 33.5 Å². The Bertz CT molecular complexity index is 5200. The quantitative estimate of drug-likeness (QED) is 0.101. The van der Waals surface area contributed by atoms with E-state index >= 15 is 0 Å². The van der Waals surface area contributed by atoms with Gasteiger partial charge in [0.1, 0.15) is 0 Å². The van der Waals surface area contributed by atoms with Crippen LogP contribution in [0.4, 0.5) is 22.7 Å². The van der Waals surface area contributed by atoms with Crippen LogP contribution in [-0.2, 0) is 26.5 Å². The molecule has 0 N–H and O–H groups in total. The van der Waals surface area contributed by atoms with Crippen molar-refractivity contribution in [2.24, 2.45) is 0 Å². The minimum Gasteiger partial charge on any atom is 0 e. The average molecular weight is 1460 g/mol. The number of benzene rings is 13. The molecule has 18 rings (SSSR count). The number of hydrogen-bond donors (Lipinski definition) is 0. The summed E-state index contributed by atoms with van der Waals surface area (Å²) in [5, 5.41) is 2.21. The van der Waals surface area contributed by atoms with E-state index in [0.717, 1.165) is 111 Å². The summed E-state index contributed by atoms with van der Waals surface area (Å²) in [7, 11) is 0. The standard InChI is InChI=1S/C88H61GeN4O.Pt/c1-88(2,3)68-46-47-90-85(54-68)93-81-40-21-18-34-75(81)76-44-42-69(55-83(76)93)94-70-43-45-79-84(56-70)92-57-91(82-41-23-39-80(87(82)92)89(79)77-37-19-16-32-73(77)74-33-17-20-38-78(74)89)86-71(66-50-62(58-24-8-4-9-25-58)48-63(51-66)59-26-10-5-11-27-59)35-22-36-72(86)67-52-64(60-28-12-6-13-29-60)49-65(53-67)61-30-14-7-15-31-61;/h4-54,57H,1-3H3;/q-3;. The minimum atomic E-state index is -3.97. The minimum absolute atomic E-state index is 0. The van der Waals surface area contributed by atoms with Crippen LogP contribution < -0.4 is 32.1 Å². The molecule has 3 aliphatic rings. The van der Waals surface area contributed by atoms with Crippen LogP contribution in [0.3, 0.4) is 0 Å². The van der Waals surface area contributed by atoms with Crippen molar-refractivity contribution in [2.45, 2.75) is 26.2 Å². The SMILES string of the molecule is CC(C)(C)c1ccnc(-n2c3[c-]c(Oc4[c-]c5[c](cc4)[Ge]4([c]6ccccc6-c6cccc[c]64)[c]4cccc6c4N5[CH-]N6c4c(-c5cc(-c6ccccc6)cc(-c6ccccc6)c5)cccc4-c4cc(-c5ccccc5)cc(-c5ccccc5)c4)ccc3c3ccccc32)c1.[Pt]. The summed E-state index contributed by atoms with van der Waals surface area (Å²) in [4.78, 5) is 9.93. The van der Waals surface area contributed by atoms with Gasteiger partial charge in [-0.1, -0.05) is 45.0 Å². The molecule has 0 unspecified atom stereocenters. The second kappa shape index (κ2) is 23.2. The predicted octanol–water partition coefficient (Wildman–Crippen LogP) is 19.9. The van der Waals surface area contributed by atoms with E-state index in [2.05, 4.69) is 357 Å². The monoisotopic (exact) mass is 1460 g/mol. The Labute approximate surface area is 571 Å². The van der Waals surface area contributed by atoms with Crippen LogP contribution in [0.5, 0.6) is 11.5 Å². The van der Waals surface area contributed by atoms with Gasteiger partial charge in [-0.15, -0.1) is 0 Å². The third kappa shape index (κ3) is 9.57. The van der Waals surface area contributed by atoms with Crippen molar-refractivity contribution >= 4 is 75.4 Å². The molecule has 5 nitrogen and oxygen atoms in total. The molecule has 15 aromatic rings. The normalized spacial score (nSPS) is 13.1. The second-order valence-electron chi connectivity index (χ2n) is 25.9. The molecule has 0 atom stereocenters. The number of ether oxygens (including phenoxy) is 1. The van der Waals surface area contributed by atoms with Crippen LogP contribution in [0, 0.1) is 18.8 Å². The maximum Gasteiger partial charge on any atom is 0 e. The molecule has 7 heteroatoms. The molecular formula is C88H61GeN4OPt-3. The van der Waals surface area contributed by atoms with Crippen molar-refractivity contribution in [1.82, 2.24) is 9.55 Å². The van der Waals surface area contributed by atoms with E-state index in [9.17, 15) is 0 Å². The smallest absolute Gasteiger partial charge is 0 e. The first-order chi connectivity index (χ1) is 46.2. The Hall–Kier alpha value is -10.6. The fourth-order valence-corrected chi connectivity index (χ4v) is 26.7. The molecule has 2 aromatic heterocycles.